The van der Waals surface area contributed by atoms with Gasteiger partial charge in [-0.3, -0.25) is 0 Å². The topological polar surface area (TPSA) is 63.8 Å². The molecule has 1 N–H and O–H groups in total. The molecule has 2 aromatic heterocycles. The molecule has 0 spiro atoms. The Hall–Kier alpha value is -2.43. The number of phenolic OH excluding ortho intramolecular Hbond substituents is 1. The Labute approximate surface area is 123 Å². The number of imidazole rings is 1. The summed E-state index contributed by atoms with van der Waals surface area (Å²) in [5.74, 6) is 0.994. The fourth-order valence-electron chi connectivity index (χ4n) is 2.45. The second-order valence-electron chi connectivity index (χ2n) is 6.19. The van der Waals surface area contributed by atoms with Crippen molar-refractivity contribution in [3.63, 3.8) is 0 Å². The number of fused-ring (bicyclic) bond motifs is 1. The SMILES string of the molecule is Cn1c(-c2cccc(O)c2)nc2c(C(C)(C)C)ncnc21. The number of hydrogen-bond donors (Lipinski definition) is 1. The monoisotopic (exact) mass is 282 g/mol. The van der Waals surface area contributed by atoms with Gasteiger partial charge in [0.15, 0.2) is 5.65 Å². The maximum atomic E-state index is 9.66. The second kappa shape index (κ2) is 4.55. The van der Waals surface area contributed by atoms with Crippen LogP contribution in [-0.2, 0) is 12.5 Å². The van der Waals surface area contributed by atoms with Gasteiger partial charge in [0.2, 0.25) is 0 Å². The number of aromatic hydroxyl groups is 1. The molecule has 0 aliphatic carbocycles. The number of benzene rings is 1. The van der Waals surface area contributed by atoms with Crippen LogP contribution in [0.1, 0.15) is 26.5 Å². The molecule has 5 heteroatoms. The van der Waals surface area contributed by atoms with Crippen molar-refractivity contribution < 1.29 is 5.11 Å². The van der Waals surface area contributed by atoms with E-state index < -0.39 is 0 Å². The average molecular weight is 282 g/mol. The highest BCUT2D eigenvalue weighted by molar-refractivity contribution is 5.80. The molecule has 108 valence electrons. The lowest BCUT2D eigenvalue weighted by atomic mass is 9.91. The summed E-state index contributed by atoms with van der Waals surface area (Å²) >= 11 is 0. The summed E-state index contributed by atoms with van der Waals surface area (Å²) in [5, 5.41) is 9.66. The highest BCUT2D eigenvalue weighted by atomic mass is 16.3. The standard InChI is InChI=1S/C16H18N4O/c1-16(2,3)13-12-15(18-9-17-13)20(4)14(19-12)10-6-5-7-11(21)8-10/h5-9,21H,1-4H3. The summed E-state index contributed by atoms with van der Waals surface area (Å²) in [5.41, 5.74) is 3.29. The van der Waals surface area contributed by atoms with E-state index >= 15 is 0 Å². The van der Waals surface area contributed by atoms with Crippen molar-refractivity contribution in [1.29, 1.82) is 0 Å². The maximum absolute atomic E-state index is 9.66. The van der Waals surface area contributed by atoms with E-state index in [2.05, 4.69) is 30.7 Å². The lowest BCUT2D eigenvalue weighted by molar-refractivity contribution is 0.475. The third-order valence-corrected chi connectivity index (χ3v) is 3.47. The van der Waals surface area contributed by atoms with E-state index in [1.54, 1.807) is 24.5 Å². The zero-order valence-electron chi connectivity index (χ0n) is 12.6. The lowest BCUT2D eigenvalue weighted by Gasteiger charge is -2.17. The van der Waals surface area contributed by atoms with Crippen molar-refractivity contribution in [1.82, 2.24) is 19.5 Å². The Kier molecular flexibility index (Phi) is 2.93. The molecule has 0 fully saturated rings. The normalized spacial score (nSPS) is 12.0. The first kappa shape index (κ1) is 13.5. The highest BCUT2D eigenvalue weighted by Crippen LogP contribution is 2.30. The van der Waals surface area contributed by atoms with Crippen LogP contribution in [0, 0.1) is 0 Å². The highest BCUT2D eigenvalue weighted by Gasteiger charge is 2.23. The van der Waals surface area contributed by atoms with E-state index in [-0.39, 0.29) is 11.2 Å². The minimum absolute atomic E-state index is 0.106. The first-order valence-electron chi connectivity index (χ1n) is 6.85. The van der Waals surface area contributed by atoms with Gasteiger partial charge >= 0.3 is 0 Å². The zero-order chi connectivity index (χ0) is 15.2. The van der Waals surface area contributed by atoms with Gasteiger partial charge in [-0.1, -0.05) is 32.9 Å². The van der Waals surface area contributed by atoms with Crippen LogP contribution in [0.2, 0.25) is 0 Å². The third-order valence-electron chi connectivity index (χ3n) is 3.47. The van der Waals surface area contributed by atoms with Crippen LogP contribution in [-0.4, -0.2) is 24.6 Å². The van der Waals surface area contributed by atoms with E-state index in [4.69, 9.17) is 4.98 Å². The Bertz CT molecular complexity index is 815. The number of phenols is 1. The molecule has 5 nitrogen and oxygen atoms in total. The number of hydrogen-bond acceptors (Lipinski definition) is 4. The van der Waals surface area contributed by atoms with Crippen molar-refractivity contribution in [2.75, 3.05) is 0 Å². The minimum atomic E-state index is -0.106. The molecule has 3 rings (SSSR count). The fraction of sp³-hybridized carbons (Fsp3) is 0.312. The molecule has 0 unspecified atom stereocenters. The van der Waals surface area contributed by atoms with Crippen LogP contribution < -0.4 is 0 Å². The van der Waals surface area contributed by atoms with Gasteiger partial charge in [0.25, 0.3) is 0 Å². The first-order chi connectivity index (χ1) is 9.88. The van der Waals surface area contributed by atoms with E-state index in [1.807, 2.05) is 17.7 Å². The summed E-state index contributed by atoms with van der Waals surface area (Å²) in [7, 11) is 1.92. The van der Waals surface area contributed by atoms with Gasteiger partial charge < -0.3 is 9.67 Å². The third kappa shape index (κ3) is 2.24. The largest absolute Gasteiger partial charge is 0.508 e. The van der Waals surface area contributed by atoms with E-state index in [0.717, 1.165) is 28.2 Å². The van der Waals surface area contributed by atoms with Crippen LogP contribution in [0.4, 0.5) is 0 Å². The zero-order valence-corrected chi connectivity index (χ0v) is 12.6. The summed E-state index contributed by atoms with van der Waals surface area (Å²) < 4.78 is 1.93. The van der Waals surface area contributed by atoms with Crippen molar-refractivity contribution in [2.45, 2.75) is 26.2 Å². The molecule has 2 heterocycles. The summed E-state index contributed by atoms with van der Waals surface area (Å²) in [4.78, 5) is 13.5. The number of aryl methyl sites for hydroxylation is 1. The van der Waals surface area contributed by atoms with Crippen LogP contribution >= 0.6 is 0 Å². The fourth-order valence-corrected chi connectivity index (χ4v) is 2.45. The van der Waals surface area contributed by atoms with Crippen molar-refractivity contribution in [3.05, 3.63) is 36.3 Å². The molecule has 0 saturated heterocycles. The van der Waals surface area contributed by atoms with Gasteiger partial charge in [-0.15, -0.1) is 0 Å². The van der Waals surface area contributed by atoms with Crippen molar-refractivity contribution in [2.24, 2.45) is 7.05 Å². The van der Waals surface area contributed by atoms with Gasteiger partial charge in [0.1, 0.15) is 23.4 Å². The van der Waals surface area contributed by atoms with Gasteiger partial charge in [0, 0.05) is 18.0 Å². The minimum Gasteiger partial charge on any atom is -0.508 e. The Morgan fingerprint density at radius 1 is 1.14 bits per heavy atom. The van der Waals surface area contributed by atoms with Crippen LogP contribution in [0.25, 0.3) is 22.6 Å². The molecule has 3 aromatic rings. The summed E-state index contributed by atoms with van der Waals surface area (Å²) in [6.45, 7) is 6.33. The molecule has 0 radical (unpaired) electrons. The average Bonchev–Trinajstić information content (AvgIpc) is 2.75. The predicted octanol–water partition coefficient (Wildman–Crippen LogP) is 3.03. The van der Waals surface area contributed by atoms with Gasteiger partial charge in [0.05, 0.1) is 5.69 Å². The molecule has 0 aliphatic heterocycles. The Balaban J connectivity index is 2.30. The molecule has 21 heavy (non-hydrogen) atoms. The maximum Gasteiger partial charge on any atom is 0.163 e. The Morgan fingerprint density at radius 2 is 1.90 bits per heavy atom. The first-order valence-corrected chi connectivity index (χ1v) is 6.85. The van der Waals surface area contributed by atoms with Crippen LogP contribution in [0.5, 0.6) is 5.75 Å². The van der Waals surface area contributed by atoms with Crippen molar-refractivity contribution >= 4 is 11.2 Å². The van der Waals surface area contributed by atoms with E-state index in [1.165, 1.54) is 0 Å². The number of nitrogens with zero attached hydrogens (tertiary/aromatic N) is 4. The summed E-state index contributed by atoms with van der Waals surface area (Å²) in [6, 6.07) is 7.07. The Morgan fingerprint density at radius 3 is 2.57 bits per heavy atom. The second-order valence-corrected chi connectivity index (χ2v) is 6.19. The van der Waals surface area contributed by atoms with Gasteiger partial charge in [-0.05, 0) is 12.1 Å². The molecule has 0 bridgehead atoms. The molecular weight excluding hydrogens is 264 g/mol. The van der Waals surface area contributed by atoms with Crippen LogP contribution in [0.3, 0.4) is 0 Å². The number of rotatable bonds is 1. The predicted molar refractivity (Wildman–Crippen MR) is 82.1 cm³/mol. The van der Waals surface area contributed by atoms with E-state index in [0.29, 0.717) is 0 Å². The molecule has 0 aliphatic rings. The quantitative estimate of drug-likeness (QED) is 0.745. The van der Waals surface area contributed by atoms with E-state index in [9.17, 15) is 5.11 Å². The molecule has 0 atom stereocenters. The molecule has 1 aromatic carbocycles. The van der Waals surface area contributed by atoms with Gasteiger partial charge in [-0.2, -0.15) is 0 Å². The number of aromatic nitrogens is 4. The summed E-state index contributed by atoms with van der Waals surface area (Å²) in [6.07, 6.45) is 1.58. The molecule has 0 amide bonds. The van der Waals surface area contributed by atoms with Crippen molar-refractivity contribution in [3.8, 4) is 17.1 Å². The van der Waals surface area contributed by atoms with Gasteiger partial charge in [-0.25, -0.2) is 15.0 Å². The van der Waals surface area contributed by atoms with Crippen LogP contribution in [0.15, 0.2) is 30.6 Å². The molecule has 0 saturated carbocycles. The lowest BCUT2D eigenvalue weighted by Crippen LogP contribution is -2.14. The smallest absolute Gasteiger partial charge is 0.163 e. The molecular formula is C16H18N4O.